The Morgan fingerprint density at radius 2 is 2.00 bits per heavy atom. The number of nitrogens with zero attached hydrogens (tertiary/aromatic N) is 6. The lowest BCUT2D eigenvalue weighted by Crippen LogP contribution is -2.30. The van der Waals surface area contributed by atoms with Crippen LogP contribution in [0.25, 0.3) is 5.95 Å². The monoisotopic (exact) mass is 276 g/mol. The van der Waals surface area contributed by atoms with Gasteiger partial charge in [0.05, 0.1) is 0 Å². The van der Waals surface area contributed by atoms with Crippen LogP contribution >= 0.6 is 0 Å². The number of hydrogen-bond acceptors (Lipinski definition) is 7. The van der Waals surface area contributed by atoms with E-state index < -0.39 is 0 Å². The highest BCUT2D eigenvalue weighted by Crippen LogP contribution is 2.09. The average Bonchev–Trinajstić information content (AvgIpc) is 2.91. The molecule has 2 rings (SSSR count). The lowest BCUT2D eigenvalue weighted by molar-refractivity contribution is 0.391. The fourth-order valence-electron chi connectivity index (χ4n) is 1.85. The van der Waals surface area contributed by atoms with Gasteiger partial charge in [-0.1, -0.05) is 0 Å². The molecule has 0 saturated heterocycles. The van der Waals surface area contributed by atoms with Gasteiger partial charge in [0.25, 0.3) is 0 Å². The van der Waals surface area contributed by atoms with E-state index in [-0.39, 0.29) is 6.04 Å². The van der Waals surface area contributed by atoms with Crippen molar-refractivity contribution in [3.05, 3.63) is 18.7 Å². The molecule has 0 bridgehead atoms. The molecule has 0 aliphatic heterocycles. The zero-order valence-electron chi connectivity index (χ0n) is 12.2. The molecule has 0 aliphatic rings. The van der Waals surface area contributed by atoms with Crippen LogP contribution in [0.4, 0.5) is 11.9 Å². The summed E-state index contributed by atoms with van der Waals surface area (Å²) in [5.74, 6) is 1.59. The Kier molecular flexibility index (Phi) is 4.46. The fourth-order valence-corrected chi connectivity index (χ4v) is 1.85. The van der Waals surface area contributed by atoms with Crippen molar-refractivity contribution in [2.45, 2.75) is 13.0 Å². The SMILES string of the molecule is CNc1nc(NC(C)CN(C)C)nc(-n2ccnc2)n1. The van der Waals surface area contributed by atoms with Crippen molar-refractivity contribution in [2.75, 3.05) is 38.3 Å². The number of anilines is 2. The van der Waals surface area contributed by atoms with Crippen molar-refractivity contribution >= 4 is 11.9 Å². The summed E-state index contributed by atoms with van der Waals surface area (Å²) in [4.78, 5) is 19.1. The topological polar surface area (TPSA) is 83.8 Å². The van der Waals surface area contributed by atoms with Gasteiger partial charge in [-0.3, -0.25) is 4.57 Å². The summed E-state index contributed by atoms with van der Waals surface area (Å²) >= 11 is 0. The maximum absolute atomic E-state index is 4.40. The zero-order valence-corrected chi connectivity index (χ0v) is 12.2. The third kappa shape index (κ3) is 3.64. The molecule has 0 spiro atoms. The normalized spacial score (nSPS) is 12.4. The number of hydrogen-bond donors (Lipinski definition) is 2. The summed E-state index contributed by atoms with van der Waals surface area (Å²) in [6.45, 7) is 2.97. The van der Waals surface area contributed by atoms with Gasteiger partial charge in [0.2, 0.25) is 17.8 Å². The molecular weight excluding hydrogens is 256 g/mol. The standard InChI is InChI=1S/C12H20N8/c1-9(7-19(3)4)15-11-16-10(13-2)17-12(18-11)20-6-5-14-8-20/h5-6,8-9H,7H2,1-4H3,(H2,13,15,16,17,18). The van der Waals surface area contributed by atoms with Gasteiger partial charge in [0.15, 0.2) is 0 Å². The smallest absolute Gasteiger partial charge is 0.241 e. The number of nitrogens with one attached hydrogen (secondary N) is 2. The fraction of sp³-hybridized carbons (Fsp3) is 0.500. The van der Waals surface area contributed by atoms with Gasteiger partial charge in [-0.15, -0.1) is 0 Å². The molecule has 20 heavy (non-hydrogen) atoms. The Bertz CT molecular complexity index is 536. The quantitative estimate of drug-likeness (QED) is 0.793. The van der Waals surface area contributed by atoms with Crippen LogP contribution in [0.2, 0.25) is 0 Å². The molecule has 0 amide bonds. The van der Waals surface area contributed by atoms with Gasteiger partial charge < -0.3 is 15.5 Å². The van der Waals surface area contributed by atoms with E-state index in [1.165, 1.54) is 0 Å². The first-order chi connectivity index (χ1) is 9.58. The van der Waals surface area contributed by atoms with Crippen molar-refractivity contribution < 1.29 is 0 Å². The van der Waals surface area contributed by atoms with E-state index in [4.69, 9.17) is 0 Å². The predicted octanol–water partition coefficient (Wildman–Crippen LogP) is 0.461. The van der Waals surface area contributed by atoms with Crippen LogP contribution in [0.15, 0.2) is 18.7 Å². The summed E-state index contributed by atoms with van der Waals surface area (Å²) in [6, 6.07) is 0.229. The summed E-state index contributed by atoms with van der Waals surface area (Å²) < 4.78 is 1.74. The van der Waals surface area contributed by atoms with Crippen LogP contribution in [0, 0.1) is 0 Å². The van der Waals surface area contributed by atoms with E-state index in [0.29, 0.717) is 17.8 Å². The molecular formula is C12H20N8. The van der Waals surface area contributed by atoms with E-state index >= 15 is 0 Å². The van der Waals surface area contributed by atoms with Gasteiger partial charge in [-0.2, -0.15) is 15.0 Å². The zero-order chi connectivity index (χ0) is 14.5. The van der Waals surface area contributed by atoms with Gasteiger partial charge in [-0.05, 0) is 21.0 Å². The Balaban J connectivity index is 2.22. The highest BCUT2D eigenvalue weighted by Gasteiger charge is 2.10. The summed E-state index contributed by atoms with van der Waals surface area (Å²) in [7, 11) is 5.84. The number of likely N-dealkylation sites (N-methyl/N-ethyl adjacent to an activating group) is 1. The predicted molar refractivity (Wildman–Crippen MR) is 78.1 cm³/mol. The molecule has 108 valence electrons. The van der Waals surface area contributed by atoms with E-state index in [1.807, 2.05) is 14.1 Å². The molecule has 0 fully saturated rings. The second-order valence-corrected chi connectivity index (χ2v) is 4.81. The Morgan fingerprint density at radius 1 is 1.25 bits per heavy atom. The van der Waals surface area contributed by atoms with Crippen molar-refractivity contribution in [2.24, 2.45) is 0 Å². The van der Waals surface area contributed by atoms with E-state index in [9.17, 15) is 0 Å². The second kappa shape index (κ2) is 6.29. The van der Waals surface area contributed by atoms with Crippen molar-refractivity contribution in [1.29, 1.82) is 0 Å². The number of aromatic nitrogens is 5. The molecule has 8 nitrogen and oxygen atoms in total. The third-order valence-corrected chi connectivity index (χ3v) is 2.60. The van der Waals surface area contributed by atoms with Crippen LogP contribution in [-0.2, 0) is 0 Å². The largest absolute Gasteiger partial charge is 0.357 e. The lowest BCUT2D eigenvalue weighted by Gasteiger charge is -2.18. The minimum absolute atomic E-state index is 0.229. The molecule has 2 aromatic rings. The molecule has 0 aromatic carbocycles. The van der Waals surface area contributed by atoms with Crippen LogP contribution in [0.5, 0.6) is 0 Å². The molecule has 0 aliphatic carbocycles. The highest BCUT2D eigenvalue weighted by atomic mass is 15.3. The van der Waals surface area contributed by atoms with Crippen LogP contribution in [0.3, 0.4) is 0 Å². The first-order valence-electron chi connectivity index (χ1n) is 6.42. The molecule has 2 aromatic heterocycles. The highest BCUT2D eigenvalue weighted by molar-refractivity contribution is 5.38. The maximum atomic E-state index is 4.40. The third-order valence-electron chi connectivity index (χ3n) is 2.60. The molecule has 2 heterocycles. The van der Waals surface area contributed by atoms with Gasteiger partial charge in [0, 0.05) is 32.0 Å². The van der Waals surface area contributed by atoms with Crippen LogP contribution in [-0.4, -0.2) is 63.1 Å². The maximum Gasteiger partial charge on any atom is 0.241 e. The summed E-state index contributed by atoms with van der Waals surface area (Å²) in [6.07, 6.45) is 5.13. The van der Waals surface area contributed by atoms with Crippen LogP contribution in [0.1, 0.15) is 6.92 Å². The van der Waals surface area contributed by atoms with Gasteiger partial charge in [0.1, 0.15) is 6.33 Å². The van der Waals surface area contributed by atoms with Crippen LogP contribution < -0.4 is 10.6 Å². The molecule has 2 N–H and O–H groups in total. The molecule has 1 atom stereocenters. The molecule has 0 saturated carbocycles. The first-order valence-corrected chi connectivity index (χ1v) is 6.42. The Morgan fingerprint density at radius 3 is 2.60 bits per heavy atom. The van der Waals surface area contributed by atoms with Crippen molar-refractivity contribution in [3.63, 3.8) is 0 Å². The minimum atomic E-state index is 0.229. The summed E-state index contributed by atoms with van der Waals surface area (Å²) in [5.41, 5.74) is 0. The number of rotatable bonds is 6. The second-order valence-electron chi connectivity index (χ2n) is 4.81. The number of imidazole rings is 1. The molecule has 8 heteroatoms. The van der Waals surface area contributed by atoms with E-state index in [2.05, 4.69) is 42.4 Å². The Hall–Kier alpha value is -2.22. The van der Waals surface area contributed by atoms with Gasteiger partial charge >= 0.3 is 0 Å². The van der Waals surface area contributed by atoms with Gasteiger partial charge in [-0.25, -0.2) is 4.98 Å². The van der Waals surface area contributed by atoms with Crippen molar-refractivity contribution in [3.8, 4) is 5.95 Å². The lowest BCUT2D eigenvalue weighted by atomic mass is 10.3. The summed E-state index contributed by atoms with van der Waals surface area (Å²) in [5, 5.41) is 6.21. The average molecular weight is 276 g/mol. The van der Waals surface area contributed by atoms with E-state index in [0.717, 1.165) is 6.54 Å². The molecule has 0 radical (unpaired) electrons. The minimum Gasteiger partial charge on any atom is -0.357 e. The van der Waals surface area contributed by atoms with Crippen molar-refractivity contribution in [1.82, 2.24) is 29.4 Å². The Labute approximate surface area is 118 Å². The van der Waals surface area contributed by atoms with E-state index in [1.54, 1.807) is 30.3 Å². The first kappa shape index (κ1) is 14.2. The molecule has 1 unspecified atom stereocenters.